The zero-order chi connectivity index (χ0) is 8.15. The van der Waals surface area contributed by atoms with Crippen LogP contribution < -0.4 is 0 Å². The number of esters is 1. The van der Waals surface area contributed by atoms with E-state index in [4.69, 9.17) is 0 Å². The molecule has 0 aliphatic carbocycles. The lowest BCUT2D eigenvalue weighted by atomic mass is 10.4. The van der Waals surface area contributed by atoms with Gasteiger partial charge in [0.1, 0.15) is 0 Å². The average Bonchev–Trinajstić information content (AvgIpc) is 1.85. The predicted octanol–water partition coefficient (Wildman–Crippen LogP) is 0.828. The van der Waals surface area contributed by atoms with Gasteiger partial charge in [0.15, 0.2) is 6.10 Å². The Bertz CT molecular complexity index is 144. The van der Waals surface area contributed by atoms with Crippen LogP contribution in [0.4, 0.5) is 0 Å². The predicted molar refractivity (Wildman–Crippen MR) is 39.8 cm³/mol. The van der Waals surface area contributed by atoms with Gasteiger partial charge in [-0.2, -0.15) is 0 Å². The molecule has 10 heavy (non-hydrogen) atoms. The van der Waals surface area contributed by atoms with E-state index < -0.39 is 12.1 Å². The number of hydrogen-bond acceptors (Lipinski definition) is 4. The van der Waals surface area contributed by atoms with Crippen LogP contribution in [-0.2, 0) is 14.3 Å². The molecule has 0 aliphatic heterocycles. The highest BCUT2D eigenvalue weighted by Gasteiger charge is 2.13. The molecule has 0 N–H and O–H groups in total. The number of ether oxygens (including phenoxy) is 1. The largest absolute Gasteiger partial charge is 0.454 e. The van der Waals surface area contributed by atoms with Crippen LogP contribution >= 0.6 is 11.8 Å². The molecule has 4 heteroatoms. The molecule has 0 bridgehead atoms. The van der Waals surface area contributed by atoms with E-state index in [9.17, 15) is 9.59 Å². The summed E-state index contributed by atoms with van der Waals surface area (Å²) in [6.07, 6.45) is 1.04. The zero-order valence-corrected chi connectivity index (χ0v) is 7.03. The van der Waals surface area contributed by atoms with Crippen molar-refractivity contribution < 1.29 is 14.3 Å². The van der Waals surface area contributed by atoms with Crippen molar-refractivity contribution in [3.63, 3.8) is 0 Å². The van der Waals surface area contributed by atoms with E-state index in [2.05, 4.69) is 4.74 Å². The lowest BCUT2D eigenvalue weighted by molar-refractivity contribution is -0.149. The van der Waals surface area contributed by atoms with Gasteiger partial charge in [0.25, 0.3) is 0 Å². The highest BCUT2D eigenvalue weighted by molar-refractivity contribution is 8.13. The topological polar surface area (TPSA) is 43.4 Å². The molecule has 0 spiro atoms. The molecular formula is C6H10O3S. The number of carbonyl (C=O) groups excluding carboxylic acids is 2. The van der Waals surface area contributed by atoms with Gasteiger partial charge in [-0.05, 0) is 13.2 Å². The van der Waals surface area contributed by atoms with E-state index in [-0.39, 0.29) is 5.12 Å². The number of thioether (sulfide) groups is 1. The molecular weight excluding hydrogens is 152 g/mol. The molecule has 3 nitrogen and oxygen atoms in total. The smallest absolute Gasteiger partial charge is 0.303 e. The van der Waals surface area contributed by atoms with E-state index in [1.54, 1.807) is 13.2 Å². The van der Waals surface area contributed by atoms with Crippen molar-refractivity contribution in [3.05, 3.63) is 0 Å². The standard InChI is InChI=1S/C6H10O3S/c1-4(6(8)10-3)9-5(2)7/h4H,1-3H3. The van der Waals surface area contributed by atoms with Crippen molar-refractivity contribution >= 4 is 22.8 Å². The van der Waals surface area contributed by atoms with Crippen molar-refractivity contribution in [2.45, 2.75) is 20.0 Å². The van der Waals surface area contributed by atoms with Crippen molar-refractivity contribution in [1.82, 2.24) is 0 Å². The Balaban J connectivity index is 3.72. The van der Waals surface area contributed by atoms with Gasteiger partial charge in [0, 0.05) is 6.92 Å². The van der Waals surface area contributed by atoms with Crippen LogP contribution in [0.5, 0.6) is 0 Å². The second kappa shape index (κ2) is 4.33. The van der Waals surface area contributed by atoms with Gasteiger partial charge in [-0.1, -0.05) is 11.8 Å². The van der Waals surface area contributed by atoms with Crippen LogP contribution in [0.25, 0.3) is 0 Å². The van der Waals surface area contributed by atoms with E-state index >= 15 is 0 Å². The minimum absolute atomic E-state index is 0.129. The van der Waals surface area contributed by atoms with Gasteiger partial charge in [-0.15, -0.1) is 0 Å². The van der Waals surface area contributed by atoms with Crippen LogP contribution in [0.3, 0.4) is 0 Å². The lowest BCUT2D eigenvalue weighted by Crippen LogP contribution is -2.19. The number of hydrogen-bond donors (Lipinski definition) is 0. The second-order valence-electron chi connectivity index (χ2n) is 1.77. The normalized spacial score (nSPS) is 12.3. The van der Waals surface area contributed by atoms with E-state index in [0.717, 1.165) is 11.8 Å². The zero-order valence-electron chi connectivity index (χ0n) is 6.21. The van der Waals surface area contributed by atoms with Crippen LogP contribution in [-0.4, -0.2) is 23.4 Å². The van der Waals surface area contributed by atoms with Crippen LogP contribution in [0, 0.1) is 0 Å². The minimum Gasteiger partial charge on any atom is -0.454 e. The first-order chi connectivity index (χ1) is 4.57. The first kappa shape index (κ1) is 9.49. The van der Waals surface area contributed by atoms with Gasteiger partial charge in [-0.3, -0.25) is 9.59 Å². The summed E-state index contributed by atoms with van der Waals surface area (Å²) in [5.41, 5.74) is 0. The van der Waals surface area contributed by atoms with Gasteiger partial charge >= 0.3 is 5.97 Å². The molecule has 0 saturated heterocycles. The fourth-order valence-electron chi connectivity index (χ4n) is 0.463. The molecule has 0 amide bonds. The fraction of sp³-hybridized carbons (Fsp3) is 0.667. The summed E-state index contributed by atoms with van der Waals surface area (Å²) in [7, 11) is 0. The van der Waals surface area contributed by atoms with Crippen molar-refractivity contribution in [1.29, 1.82) is 0 Å². The monoisotopic (exact) mass is 162 g/mol. The molecule has 0 saturated carbocycles. The van der Waals surface area contributed by atoms with Crippen molar-refractivity contribution in [2.24, 2.45) is 0 Å². The third-order valence-corrected chi connectivity index (χ3v) is 1.61. The fourth-order valence-corrected chi connectivity index (χ4v) is 0.843. The first-order valence-electron chi connectivity index (χ1n) is 2.83. The highest BCUT2D eigenvalue weighted by atomic mass is 32.2. The average molecular weight is 162 g/mol. The maximum absolute atomic E-state index is 10.7. The lowest BCUT2D eigenvalue weighted by Gasteiger charge is -2.07. The minimum atomic E-state index is -0.618. The molecule has 0 aromatic heterocycles. The summed E-state index contributed by atoms with van der Waals surface area (Å²) in [5, 5.41) is -0.129. The first-order valence-corrected chi connectivity index (χ1v) is 4.05. The van der Waals surface area contributed by atoms with Crippen LogP contribution in [0.15, 0.2) is 0 Å². The number of rotatable bonds is 2. The van der Waals surface area contributed by atoms with Gasteiger partial charge in [-0.25, -0.2) is 0 Å². The van der Waals surface area contributed by atoms with Crippen LogP contribution in [0.1, 0.15) is 13.8 Å². The molecule has 0 aromatic carbocycles. The molecule has 0 rings (SSSR count). The van der Waals surface area contributed by atoms with Gasteiger partial charge in [0.05, 0.1) is 0 Å². The van der Waals surface area contributed by atoms with Crippen molar-refractivity contribution in [2.75, 3.05) is 6.26 Å². The quantitative estimate of drug-likeness (QED) is 0.564. The Kier molecular flexibility index (Phi) is 4.11. The Labute approximate surface area is 64.1 Å². The molecule has 1 atom stereocenters. The van der Waals surface area contributed by atoms with Crippen LogP contribution in [0.2, 0.25) is 0 Å². The molecule has 0 heterocycles. The van der Waals surface area contributed by atoms with Crippen molar-refractivity contribution in [3.8, 4) is 0 Å². The molecule has 0 fully saturated rings. The SMILES string of the molecule is CSC(=O)C(C)OC(C)=O. The Morgan fingerprint density at radius 2 is 2.00 bits per heavy atom. The molecule has 58 valence electrons. The molecule has 0 aliphatic rings. The molecule has 0 aromatic rings. The van der Waals surface area contributed by atoms with Gasteiger partial charge < -0.3 is 4.74 Å². The Morgan fingerprint density at radius 3 is 2.30 bits per heavy atom. The third kappa shape index (κ3) is 3.50. The summed E-state index contributed by atoms with van der Waals surface area (Å²) in [6.45, 7) is 2.84. The van der Waals surface area contributed by atoms with E-state index in [0.29, 0.717) is 0 Å². The Morgan fingerprint density at radius 1 is 1.50 bits per heavy atom. The summed E-state index contributed by atoms with van der Waals surface area (Å²) in [5.74, 6) is -0.421. The Hall–Kier alpha value is -0.510. The summed E-state index contributed by atoms with van der Waals surface area (Å²) >= 11 is 1.06. The maximum atomic E-state index is 10.7. The highest BCUT2D eigenvalue weighted by Crippen LogP contribution is 2.03. The van der Waals surface area contributed by atoms with Gasteiger partial charge in [0.2, 0.25) is 5.12 Å². The molecule has 0 radical (unpaired) electrons. The molecule has 1 unspecified atom stereocenters. The third-order valence-electron chi connectivity index (χ3n) is 0.876. The number of carbonyl (C=O) groups is 2. The second-order valence-corrected chi connectivity index (χ2v) is 2.59. The summed E-state index contributed by atoms with van der Waals surface area (Å²) in [4.78, 5) is 21.0. The van der Waals surface area contributed by atoms with E-state index in [1.807, 2.05) is 0 Å². The maximum Gasteiger partial charge on any atom is 0.303 e. The summed E-state index contributed by atoms with van der Waals surface area (Å²) in [6, 6.07) is 0. The summed E-state index contributed by atoms with van der Waals surface area (Å²) < 4.78 is 4.59. The van der Waals surface area contributed by atoms with E-state index in [1.165, 1.54) is 6.92 Å².